The number of benzene rings is 2. The molecule has 0 fully saturated rings. The van der Waals surface area contributed by atoms with Crippen molar-refractivity contribution in [1.82, 2.24) is 0 Å². The smallest absolute Gasteiger partial charge is 0.314 e. The van der Waals surface area contributed by atoms with Crippen LogP contribution < -0.4 is 5.01 Å². The monoisotopic (exact) mass is 442 g/mol. The summed E-state index contributed by atoms with van der Waals surface area (Å²) in [4.78, 5) is 21.7. The molecule has 2 aromatic carbocycles. The van der Waals surface area contributed by atoms with Crippen molar-refractivity contribution in [3.63, 3.8) is 0 Å². The van der Waals surface area contributed by atoms with Crippen molar-refractivity contribution in [1.29, 1.82) is 0 Å². The van der Waals surface area contributed by atoms with E-state index in [-0.39, 0.29) is 35.3 Å². The van der Waals surface area contributed by atoms with Gasteiger partial charge in [0.2, 0.25) is 5.75 Å². The van der Waals surface area contributed by atoms with Crippen LogP contribution in [0.3, 0.4) is 0 Å². The first-order valence-electron chi connectivity index (χ1n) is 7.93. The number of hydrogen-bond donors (Lipinski definition) is 2. The average Bonchev–Trinajstić information content (AvgIpc) is 2.94. The molecule has 0 saturated heterocycles. The minimum absolute atomic E-state index is 0. The summed E-state index contributed by atoms with van der Waals surface area (Å²) in [6.07, 6.45) is 0. The summed E-state index contributed by atoms with van der Waals surface area (Å²) in [7, 11) is -4.82. The molecule has 1 amide bonds. The number of anilines is 1. The number of hydrazone groups is 1. The van der Waals surface area contributed by atoms with Gasteiger partial charge >= 0.3 is 5.69 Å². The number of carbonyl (C=O) groups excluding carboxylic acids is 1. The largest absolute Gasteiger partial charge is 0.501 e. The Morgan fingerprint density at radius 3 is 2.43 bits per heavy atom. The van der Waals surface area contributed by atoms with Gasteiger partial charge in [0.05, 0.1) is 16.3 Å². The van der Waals surface area contributed by atoms with Crippen LogP contribution in [0, 0.1) is 10.1 Å². The minimum Gasteiger partial charge on any atom is -0.501 e. The predicted octanol–water partition coefficient (Wildman–Crippen LogP) is 2.04. The number of rotatable bonds is 5. The molecule has 1 aliphatic heterocycles. The number of phenols is 1. The van der Waals surface area contributed by atoms with E-state index in [2.05, 4.69) is 15.3 Å². The van der Waals surface area contributed by atoms with Gasteiger partial charge in [-0.15, -0.1) is 0 Å². The Morgan fingerprint density at radius 2 is 1.87 bits per heavy atom. The van der Waals surface area contributed by atoms with Gasteiger partial charge in [0, 0.05) is 35.6 Å². The average molecular weight is 442 g/mol. The minimum atomic E-state index is -4.82. The number of nitrogens with zero attached hydrogens (tertiary/aromatic N) is 5. The Hall–Kier alpha value is -2.71. The molecule has 30 heavy (non-hydrogen) atoms. The molecular formula is C16H13N5NaO7S. The summed E-state index contributed by atoms with van der Waals surface area (Å²) in [6, 6.07) is 8.48. The number of amides is 1. The van der Waals surface area contributed by atoms with E-state index in [0.29, 0.717) is 17.8 Å². The van der Waals surface area contributed by atoms with E-state index in [1.54, 1.807) is 30.3 Å². The van der Waals surface area contributed by atoms with Crippen molar-refractivity contribution >= 4 is 68.4 Å². The van der Waals surface area contributed by atoms with Crippen LogP contribution in [-0.4, -0.2) is 70.2 Å². The second-order valence-electron chi connectivity index (χ2n) is 5.89. The fraction of sp³-hybridized carbons (Fsp3) is 0.125. The van der Waals surface area contributed by atoms with E-state index in [1.165, 1.54) is 6.92 Å². The molecule has 2 N–H and O–H groups in total. The number of aromatic hydroxyl groups is 1. The Kier molecular flexibility index (Phi) is 7.05. The first kappa shape index (κ1) is 23.6. The molecular weight excluding hydrogens is 429 g/mol. The predicted molar refractivity (Wildman–Crippen MR) is 106 cm³/mol. The number of phenolic OH excluding ortho intramolecular Hbond substituents is 1. The van der Waals surface area contributed by atoms with Crippen LogP contribution in [0.15, 0.2) is 62.7 Å². The maximum atomic E-state index is 12.6. The van der Waals surface area contributed by atoms with Crippen molar-refractivity contribution in [3.8, 4) is 5.75 Å². The van der Waals surface area contributed by atoms with Gasteiger partial charge < -0.3 is 5.11 Å². The van der Waals surface area contributed by atoms with Crippen molar-refractivity contribution < 1.29 is 27.8 Å². The molecule has 1 unspecified atom stereocenters. The zero-order valence-corrected chi connectivity index (χ0v) is 18.5. The summed E-state index contributed by atoms with van der Waals surface area (Å²) in [5.41, 5.74) is -0.849. The van der Waals surface area contributed by atoms with Crippen molar-refractivity contribution in [3.05, 3.63) is 52.6 Å². The topological polar surface area (TPSA) is 175 Å². The van der Waals surface area contributed by atoms with Crippen LogP contribution in [0.4, 0.5) is 17.1 Å². The number of carbonyl (C=O) groups is 1. The van der Waals surface area contributed by atoms with E-state index in [4.69, 9.17) is 4.55 Å². The summed E-state index contributed by atoms with van der Waals surface area (Å²) < 4.78 is 31.8. The van der Waals surface area contributed by atoms with Gasteiger partial charge in [-0.05, 0) is 25.1 Å². The van der Waals surface area contributed by atoms with Gasteiger partial charge in [-0.25, -0.2) is 0 Å². The van der Waals surface area contributed by atoms with E-state index < -0.39 is 49.0 Å². The summed E-state index contributed by atoms with van der Waals surface area (Å²) in [6.45, 7) is 1.52. The van der Waals surface area contributed by atoms with Crippen LogP contribution in [0.5, 0.6) is 5.75 Å². The Balaban J connectivity index is 0.00000320. The van der Waals surface area contributed by atoms with E-state index in [1.807, 2.05) is 0 Å². The molecule has 2 aromatic rings. The maximum Gasteiger partial charge on any atom is 0.314 e. The molecule has 14 heteroatoms. The molecule has 151 valence electrons. The summed E-state index contributed by atoms with van der Waals surface area (Å²) >= 11 is 0. The number of nitro benzene ring substituents is 1. The molecule has 12 nitrogen and oxygen atoms in total. The van der Waals surface area contributed by atoms with Crippen LogP contribution in [0.1, 0.15) is 6.92 Å². The fourth-order valence-corrected chi connectivity index (χ4v) is 3.03. The quantitative estimate of drug-likeness (QED) is 0.234. The van der Waals surface area contributed by atoms with Crippen molar-refractivity contribution in [2.24, 2.45) is 15.3 Å². The molecule has 1 aliphatic rings. The molecule has 0 saturated carbocycles. The maximum absolute atomic E-state index is 12.6. The Labute approximate surface area is 192 Å². The van der Waals surface area contributed by atoms with E-state index >= 15 is 0 Å². The van der Waals surface area contributed by atoms with Gasteiger partial charge in [0.15, 0.2) is 6.04 Å². The molecule has 1 radical (unpaired) electrons. The summed E-state index contributed by atoms with van der Waals surface area (Å²) in [5, 5.41) is 33.6. The molecule has 0 spiro atoms. The first-order valence-corrected chi connectivity index (χ1v) is 9.37. The zero-order chi connectivity index (χ0) is 21.3. The molecule has 1 heterocycles. The van der Waals surface area contributed by atoms with Gasteiger partial charge in [0.1, 0.15) is 10.6 Å². The van der Waals surface area contributed by atoms with Crippen LogP contribution in [0.2, 0.25) is 0 Å². The van der Waals surface area contributed by atoms with Crippen molar-refractivity contribution in [2.45, 2.75) is 17.9 Å². The number of nitro groups is 1. The standard InChI is InChI=1S/C16H13N5O7S.Na/c1-9-14(16(23)20(19-9)10-5-3-2-4-6-10)18-17-12-7-11(29(26,27)28)8-13(15(12)22)21(24)25;/h2-8,14,22H,1H3,(H,26,27,28);. The third-order valence-corrected chi connectivity index (χ3v) is 4.75. The fourth-order valence-electron chi connectivity index (χ4n) is 2.51. The van der Waals surface area contributed by atoms with Gasteiger partial charge in [-0.1, -0.05) is 18.2 Å². The number of hydrogen-bond acceptors (Lipinski definition) is 9. The second-order valence-corrected chi connectivity index (χ2v) is 7.31. The van der Waals surface area contributed by atoms with Gasteiger partial charge in [-0.3, -0.25) is 19.5 Å². The van der Waals surface area contributed by atoms with Crippen LogP contribution in [0.25, 0.3) is 0 Å². The van der Waals surface area contributed by atoms with E-state index in [0.717, 1.165) is 5.01 Å². The van der Waals surface area contributed by atoms with Gasteiger partial charge in [0.25, 0.3) is 16.0 Å². The number of azo groups is 1. The third kappa shape index (κ3) is 4.71. The molecule has 1 atom stereocenters. The van der Waals surface area contributed by atoms with Crippen LogP contribution in [-0.2, 0) is 14.9 Å². The first-order chi connectivity index (χ1) is 13.6. The Morgan fingerprint density at radius 1 is 1.23 bits per heavy atom. The van der Waals surface area contributed by atoms with Crippen molar-refractivity contribution in [2.75, 3.05) is 5.01 Å². The normalized spacial score (nSPS) is 16.5. The molecule has 0 aromatic heterocycles. The second kappa shape index (κ2) is 8.97. The van der Waals surface area contributed by atoms with Crippen LogP contribution >= 0.6 is 0 Å². The Bertz CT molecular complexity index is 1170. The van der Waals surface area contributed by atoms with Gasteiger partial charge in [-0.2, -0.15) is 28.8 Å². The van der Waals surface area contributed by atoms with E-state index in [9.17, 15) is 28.4 Å². The molecule has 3 rings (SSSR count). The zero-order valence-electron chi connectivity index (χ0n) is 15.7. The summed E-state index contributed by atoms with van der Waals surface area (Å²) in [5.74, 6) is -1.52. The molecule has 0 aliphatic carbocycles. The number of para-hydroxylation sites is 1. The SMILES string of the molecule is CC1=NN(c2ccccc2)C(=O)C1N=Nc1cc(S(=O)(=O)O)cc([N+](=O)[O-])c1O.[Na]. The third-order valence-electron chi connectivity index (χ3n) is 3.92. The molecule has 0 bridgehead atoms.